The zero-order valence-corrected chi connectivity index (χ0v) is 22.5. The van der Waals surface area contributed by atoms with Crippen molar-refractivity contribution in [3.05, 3.63) is 58.5 Å². The molecule has 4 aromatic rings. The molecule has 3 aromatic heterocycles. The van der Waals surface area contributed by atoms with Gasteiger partial charge in [-0.2, -0.15) is 5.10 Å². The Morgan fingerprint density at radius 1 is 1.22 bits per heavy atom. The molecule has 6 nitrogen and oxygen atoms in total. The van der Waals surface area contributed by atoms with Gasteiger partial charge in [0.2, 0.25) is 0 Å². The quantitative estimate of drug-likeness (QED) is 0.361. The largest absolute Gasteiger partial charge is 0.371 e. The van der Waals surface area contributed by atoms with Crippen LogP contribution in [0.3, 0.4) is 0 Å². The Morgan fingerprint density at radius 3 is 2.65 bits per heavy atom. The van der Waals surface area contributed by atoms with Crippen molar-refractivity contribution in [3.8, 4) is 23.1 Å². The lowest BCUT2D eigenvalue weighted by atomic mass is 9.81. The van der Waals surface area contributed by atoms with E-state index in [1.165, 1.54) is 24.2 Å². The lowest BCUT2D eigenvalue weighted by Gasteiger charge is -2.39. The van der Waals surface area contributed by atoms with Gasteiger partial charge in [-0.1, -0.05) is 24.2 Å². The smallest absolute Gasteiger partial charge is 0.191 e. The van der Waals surface area contributed by atoms with Crippen molar-refractivity contribution >= 4 is 33.4 Å². The highest BCUT2D eigenvalue weighted by molar-refractivity contribution is 7.16. The third kappa shape index (κ3) is 4.07. The van der Waals surface area contributed by atoms with Crippen LogP contribution in [-0.2, 0) is 6.42 Å². The predicted octanol–water partition coefficient (Wildman–Crippen LogP) is 5.41. The molecule has 37 heavy (non-hydrogen) atoms. The van der Waals surface area contributed by atoms with E-state index >= 15 is 0 Å². The monoisotopic (exact) mass is 514 g/mol. The molecule has 0 atom stereocenters. The number of halogens is 1. The zero-order valence-electron chi connectivity index (χ0n) is 21.7. The third-order valence-electron chi connectivity index (χ3n) is 7.67. The van der Waals surface area contributed by atoms with Crippen molar-refractivity contribution in [3.63, 3.8) is 0 Å². The van der Waals surface area contributed by atoms with Crippen LogP contribution in [0.15, 0.2) is 36.4 Å². The number of aromatic nitrogens is 3. The second-order valence-electron chi connectivity index (χ2n) is 10.2. The van der Waals surface area contributed by atoms with E-state index < -0.39 is 0 Å². The standard InChI is InChI=1S/C29H31FN6S/c1-5-7-25-26(20-8-10-21(30)11-9-20)32-28(37-25)34(4)27-23(6-2)33-36-19(3)14-22(15-24(27)36)35-13-12-29(18-35)16-31-17-29/h8-11,14-15,31H,6,12-13,16-18H2,1-4H3. The summed E-state index contributed by atoms with van der Waals surface area (Å²) >= 11 is 1.55. The van der Waals surface area contributed by atoms with Gasteiger partial charge in [0.05, 0.1) is 22.6 Å². The zero-order chi connectivity index (χ0) is 25.7. The lowest BCUT2D eigenvalue weighted by molar-refractivity contribution is 0.200. The first-order valence-corrected chi connectivity index (χ1v) is 13.6. The Bertz CT molecular complexity index is 1540. The van der Waals surface area contributed by atoms with Gasteiger partial charge >= 0.3 is 0 Å². The molecule has 1 aromatic carbocycles. The summed E-state index contributed by atoms with van der Waals surface area (Å²) in [5, 5.41) is 9.29. The summed E-state index contributed by atoms with van der Waals surface area (Å²) < 4.78 is 15.6. The topological polar surface area (TPSA) is 48.7 Å². The predicted molar refractivity (Wildman–Crippen MR) is 150 cm³/mol. The van der Waals surface area contributed by atoms with Crippen molar-refractivity contribution in [2.45, 2.75) is 33.6 Å². The summed E-state index contributed by atoms with van der Waals surface area (Å²) in [5.74, 6) is 5.95. The molecule has 190 valence electrons. The molecule has 0 aliphatic carbocycles. The molecule has 0 unspecified atom stereocenters. The highest BCUT2D eigenvalue weighted by Crippen LogP contribution is 2.41. The van der Waals surface area contributed by atoms with Crippen LogP contribution in [0.25, 0.3) is 16.8 Å². The first kappa shape index (κ1) is 24.0. The molecule has 0 amide bonds. The second kappa shape index (κ2) is 9.16. The molecule has 1 N–H and O–H groups in total. The molecule has 0 radical (unpaired) electrons. The van der Waals surface area contributed by atoms with Gasteiger partial charge in [-0.25, -0.2) is 13.9 Å². The van der Waals surface area contributed by atoms with Gasteiger partial charge < -0.3 is 15.1 Å². The average molecular weight is 515 g/mol. The fraction of sp³-hybridized carbons (Fsp3) is 0.379. The normalized spacial score (nSPS) is 16.2. The molecule has 0 bridgehead atoms. The summed E-state index contributed by atoms with van der Waals surface area (Å²) in [6.45, 7) is 10.5. The fourth-order valence-corrected chi connectivity index (χ4v) is 6.54. The van der Waals surface area contributed by atoms with E-state index in [-0.39, 0.29) is 5.82 Å². The summed E-state index contributed by atoms with van der Waals surface area (Å²) in [5.41, 5.74) is 7.65. The second-order valence-corrected chi connectivity index (χ2v) is 11.2. The van der Waals surface area contributed by atoms with Crippen LogP contribution in [-0.4, -0.2) is 47.8 Å². The molecule has 2 saturated heterocycles. The lowest BCUT2D eigenvalue weighted by Crippen LogP contribution is -2.54. The molecule has 5 heterocycles. The van der Waals surface area contributed by atoms with Gasteiger partial charge in [-0.15, -0.1) is 5.92 Å². The van der Waals surface area contributed by atoms with Gasteiger partial charge in [0.1, 0.15) is 10.7 Å². The Hall–Kier alpha value is -3.41. The number of benzene rings is 1. The van der Waals surface area contributed by atoms with E-state index in [1.54, 1.807) is 23.5 Å². The fourth-order valence-electron chi connectivity index (χ4n) is 5.58. The van der Waals surface area contributed by atoms with E-state index in [9.17, 15) is 4.39 Å². The van der Waals surface area contributed by atoms with Crippen molar-refractivity contribution in [1.82, 2.24) is 19.9 Å². The Morgan fingerprint density at radius 2 is 2.00 bits per heavy atom. The molecule has 0 saturated carbocycles. The van der Waals surface area contributed by atoms with Crippen LogP contribution in [0.1, 0.15) is 36.5 Å². The maximum absolute atomic E-state index is 13.6. The molecule has 8 heteroatoms. The Kier molecular flexibility index (Phi) is 5.93. The molecule has 2 aliphatic heterocycles. The number of pyridine rings is 1. The average Bonchev–Trinajstić information content (AvgIpc) is 3.59. The maximum atomic E-state index is 13.6. The number of fused-ring (bicyclic) bond motifs is 1. The Labute approximate surface area is 221 Å². The minimum absolute atomic E-state index is 0.262. The molecular formula is C29H31FN6S. The number of hydrogen-bond donors (Lipinski definition) is 1. The van der Waals surface area contributed by atoms with Gasteiger partial charge in [0, 0.05) is 55.6 Å². The first-order chi connectivity index (χ1) is 17.9. The van der Waals surface area contributed by atoms with E-state index in [0.29, 0.717) is 5.41 Å². The van der Waals surface area contributed by atoms with Crippen LogP contribution in [0.5, 0.6) is 0 Å². The van der Waals surface area contributed by atoms with Crippen LogP contribution >= 0.6 is 11.3 Å². The number of anilines is 3. The third-order valence-corrected chi connectivity index (χ3v) is 8.72. The van der Waals surface area contributed by atoms with Crippen molar-refractivity contribution in [2.75, 3.05) is 43.0 Å². The molecule has 2 aliphatic rings. The van der Waals surface area contributed by atoms with E-state index in [4.69, 9.17) is 10.1 Å². The van der Waals surface area contributed by atoms with Crippen LogP contribution in [0.4, 0.5) is 20.9 Å². The molecular weight excluding hydrogens is 483 g/mol. The van der Waals surface area contributed by atoms with Gasteiger partial charge in [-0.3, -0.25) is 0 Å². The van der Waals surface area contributed by atoms with Crippen LogP contribution in [0.2, 0.25) is 0 Å². The van der Waals surface area contributed by atoms with Crippen molar-refractivity contribution < 1.29 is 4.39 Å². The minimum Gasteiger partial charge on any atom is -0.371 e. The molecule has 1 spiro atoms. The summed E-state index contributed by atoms with van der Waals surface area (Å²) in [6, 6.07) is 11.0. The number of nitrogens with zero attached hydrogens (tertiary/aromatic N) is 5. The van der Waals surface area contributed by atoms with Crippen molar-refractivity contribution in [2.24, 2.45) is 5.41 Å². The number of rotatable bonds is 5. The van der Waals surface area contributed by atoms with Gasteiger partial charge in [0.15, 0.2) is 5.13 Å². The summed E-state index contributed by atoms with van der Waals surface area (Å²) in [6.07, 6.45) is 2.05. The number of hydrogen-bond acceptors (Lipinski definition) is 6. The summed E-state index contributed by atoms with van der Waals surface area (Å²) in [7, 11) is 2.06. The molecule has 2 fully saturated rings. The van der Waals surface area contributed by atoms with Crippen molar-refractivity contribution in [1.29, 1.82) is 0 Å². The van der Waals surface area contributed by atoms with E-state index in [0.717, 1.165) is 76.5 Å². The number of aryl methyl sites for hydroxylation is 2. The van der Waals surface area contributed by atoms with Gasteiger partial charge in [0.25, 0.3) is 0 Å². The highest BCUT2D eigenvalue weighted by Gasteiger charge is 2.43. The van der Waals surface area contributed by atoms with E-state index in [1.807, 2.05) is 6.92 Å². The van der Waals surface area contributed by atoms with Crippen LogP contribution < -0.4 is 15.1 Å². The highest BCUT2D eigenvalue weighted by atomic mass is 32.1. The minimum atomic E-state index is -0.262. The first-order valence-electron chi connectivity index (χ1n) is 12.8. The molecule has 6 rings (SSSR count). The SMILES string of the molecule is CC#Cc1sc(N(C)c2c(CC)nn3c(C)cc(N4CCC5(CNC5)C4)cc23)nc1-c1ccc(F)cc1. The Balaban J connectivity index is 1.43. The maximum Gasteiger partial charge on any atom is 0.191 e. The number of nitrogens with one attached hydrogen (secondary N) is 1. The van der Waals surface area contributed by atoms with E-state index in [2.05, 4.69) is 64.5 Å². The van der Waals surface area contributed by atoms with Crippen LogP contribution in [0, 0.1) is 30.0 Å². The number of thiazole rings is 1. The summed E-state index contributed by atoms with van der Waals surface area (Å²) in [4.78, 5) is 10.5. The van der Waals surface area contributed by atoms with Gasteiger partial charge in [-0.05, 0) is 63.1 Å².